The van der Waals surface area contributed by atoms with Gasteiger partial charge in [0.2, 0.25) is 20.9 Å². The molecule has 2 heterocycles. The number of hydrogen-bond acceptors (Lipinski definition) is 7. The molecule has 3 aliphatic rings. The number of rotatable bonds is 3. The number of amidine groups is 1. The fraction of sp³-hybridized carbons (Fsp3) is 0.522. The molecule has 0 N–H and O–H groups in total. The lowest BCUT2D eigenvalue weighted by Gasteiger charge is -2.47. The van der Waals surface area contributed by atoms with E-state index in [9.17, 15) is 13.2 Å². The Morgan fingerprint density at radius 1 is 1.12 bits per heavy atom. The van der Waals surface area contributed by atoms with Gasteiger partial charge in [-0.25, -0.2) is 18.4 Å². The summed E-state index contributed by atoms with van der Waals surface area (Å²) in [4.78, 5) is 23.9. The molecule has 0 aromatic heterocycles. The van der Waals surface area contributed by atoms with E-state index in [1.54, 1.807) is 12.0 Å². The van der Waals surface area contributed by atoms with Crippen LogP contribution >= 0.6 is 0 Å². The van der Waals surface area contributed by atoms with Gasteiger partial charge >= 0.3 is 0 Å². The molecule has 1 aliphatic carbocycles. The van der Waals surface area contributed by atoms with Crippen LogP contribution in [0, 0.1) is 5.41 Å². The van der Waals surface area contributed by atoms with Crippen LogP contribution in [0.4, 0.5) is 5.69 Å². The molecule has 1 amide bonds. The highest BCUT2D eigenvalue weighted by Crippen LogP contribution is 2.53. The van der Waals surface area contributed by atoms with E-state index < -0.39 is 21.0 Å². The van der Waals surface area contributed by atoms with Crippen LogP contribution < -0.4 is 9.64 Å². The summed E-state index contributed by atoms with van der Waals surface area (Å²) in [6.45, 7) is 6.59. The minimum absolute atomic E-state index is 0.123. The summed E-state index contributed by atoms with van der Waals surface area (Å²) in [6.07, 6.45) is 2.90. The Kier molecular flexibility index (Phi) is 6.19. The second-order valence-electron chi connectivity index (χ2n) is 8.73. The highest BCUT2D eigenvalue weighted by atomic mass is 32.2. The van der Waals surface area contributed by atoms with Gasteiger partial charge in [-0.1, -0.05) is 0 Å². The van der Waals surface area contributed by atoms with Crippen LogP contribution in [-0.4, -0.2) is 65.1 Å². The SMILES string of the molecule is C=NC(=NC1=C(C)CN(c2ccc(OC)cc2)C(=O)C12CCC1(CC2)OCCO1)S(C)(=O)=O. The van der Waals surface area contributed by atoms with Crippen molar-refractivity contribution in [2.75, 3.05) is 38.0 Å². The summed E-state index contributed by atoms with van der Waals surface area (Å²) in [5, 5.41) is -0.379. The van der Waals surface area contributed by atoms with E-state index in [0.29, 0.717) is 50.3 Å². The normalized spacial score (nSPS) is 22.8. The van der Waals surface area contributed by atoms with Gasteiger partial charge in [-0.05, 0) is 56.3 Å². The van der Waals surface area contributed by atoms with Gasteiger partial charge in [0.05, 0.1) is 31.4 Å². The molecule has 33 heavy (non-hydrogen) atoms. The van der Waals surface area contributed by atoms with Gasteiger partial charge in [0, 0.05) is 31.3 Å². The van der Waals surface area contributed by atoms with Gasteiger partial charge in [-0.3, -0.25) is 4.79 Å². The molecule has 1 aromatic carbocycles. The van der Waals surface area contributed by atoms with E-state index >= 15 is 0 Å². The van der Waals surface area contributed by atoms with Crippen molar-refractivity contribution >= 4 is 33.3 Å². The third-order valence-electron chi connectivity index (χ3n) is 6.64. The van der Waals surface area contributed by atoms with Crippen molar-refractivity contribution in [2.24, 2.45) is 15.4 Å². The van der Waals surface area contributed by atoms with Gasteiger partial charge in [0.15, 0.2) is 5.79 Å². The lowest BCUT2D eigenvalue weighted by Crippen LogP contribution is -2.54. The Labute approximate surface area is 194 Å². The summed E-state index contributed by atoms with van der Waals surface area (Å²) in [5.74, 6) is -0.116. The van der Waals surface area contributed by atoms with Crippen molar-refractivity contribution in [3.8, 4) is 5.75 Å². The molecular formula is C23H29N3O6S. The second kappa shape index (κ2) is 8.66. The zero-order chi connectivity index (χ0) is 23.9. The van der Waals surface area contributed by atoms with Crippen molar-refractivity contribution in [3.05, 3.63) is 35.5 Å². The number of ether oxygens (including phenoxy) is 3. The molecule has 1 aromatic rings. The van der Waals surface area contributed by atoms with Gasteiger partial charge in [-0.2, -0.15) is 0 Å². The number of hydrogen-bond donors (Lipinski definition) is 0. The van der Waals surface area contributed by atoms with Crippen LogP contribution in [0.2, 0.25) is 0 Å². The number of amides is 1. The number of aliphatic imine (C=N–C) groups is 2. The van der Waals surface area contributed by atoms with Gasteiger partial charge in [-0.15, -0.1) is 0 Å². The summed E-state index contributed by atoms with van der Waals surface area (Å²) >= 11 is 0. The number of nitrogens with zero attached hydrogens (tertiary/aromatic N) is 3. The first kappa shape index (κ1) is 23.6. The third kappa shape index (κ3) is 4.22. The van der Waals surface area contributed by atoms with Crippen molar-refractivity contribution in [1.82, 2.24) is 0 Å². The first-order valence-corrected chi connectivity index (χ1v) is 12.7. The monoisotopic (exact) mass is 475 g/mol. The minimum Gasteiger partial charge on any atom is -0.497 e. The smallest absolute Gasteiger partial charge is 0.246 e. The molecule has 0 bridgehead atoms. The third-order valence-corrected chi connectivity index (χ3v) is 7.53. The molecule has 2 spiro atoms. The second-order valence-corrected chi connectivity index (χ2v) is 10.6. The van der Waals surface area contributed by atoms with Gasteiger partial charge < -0.3 is 19.1 Å². The zero-order valence-corrected chi connectivity index (χ0v) is 20.0. The Morgan fingerprint density at radius 3 is 2.24 bits per heavy atom. The molecule has 9 nitrogen and oxygen atoms in total. The number of methoxy groups -OCH3 is 1. The van der Waals surface area contributed by atoms with Crippen LogP contribution in [-0.2, 0) is 24.1 Å². The van der Waals surface area contributed by atoms with Gasteiger partial charge in [0.25, 0.3) is 0 Å². The van der Waals surface area contributed by atoms with E-state index in [1.807, 2.05) is 31.2 Å². The molecule has 4 rings (SSSR count). The zero-order valence-electron chi connectivity index (χ0n) is 19.2. The number of sulfone groups is 1. The number of anilines is 1. The summed E-state index contributed by atoms with van der Waals surface area (Å²) in [5.41, 5.74) is 0.988. The molecule has 1 saturated heterocycles. The predicted molar refractivity (Wildman–Crippen MR) is 125 cm³/mol. The average Bonchev–Trinajstić information content (AvgIpc) is 3.25. The van der Waals surface area contributed by atoms with E-state index in [0.717, 1.165) is 17.5 Å². The molecule has 0 unspecified atom stereocenters. The molecule has 2 fully saturated rings. The molecule has 0 radical (unpaired) electrons. The topological polar surface area (TPSA) is 107 Å². The first-order chi connectivity index (χ1) is 15.6. The maximum Gasteiger partial charge on any atom is 0.246 e. The Bertz CT molecular complexity index is 1110. The maximum atomic E-state index is 14.0. The Morgan fingerprint density at radius 2 is 1.73 bits per heavy atom. The molecule has 178 valence electrons. The fourth-order valence-corrected chi connectivity index (χ4v) is 5.44. The Hall–Kier alpha value is -2.56. The van der Waals surface area contributed by atoms with Crippen molar-refractivity contribution in [1.29, 1.82) is 0 Å². The summed E-state index contributed by atoms with van der Waals surface area (Å²) < 4.78 is 41.4. The highest BCUT2D eigenvalue weighted by Gasteiger charge is 2.55. The fourth-order valence-electron chi connectivity index (χ4n) is 4.95. The molecule has 2 aliphatic heterocycles. The Balaban J connectivity index is 1.80. The van der Waals surface area contributed by atoms with Crippen molar-refractivity contribution in [3.63, 3.8) is 0 Å². The lowest BCUT2D eigenvalue weighted by molar-refractivity contribution is -0.190. The van der Waals surface area contributed by atoms with Crippen molar-refractivity contribution in [2.45, 2.75) is 38.4 Å². The van der Waals surface area contributed by atoms with Crippen LogP contribution in [0.1, 0.15) is 32.6 Å². The van der Waals surface area contributed by atoms with E-state index in [1.165, 1.54) is 0 Å². The maximum absolute atomic E-state index is 14.0. The predicted octanol–water partition coefficient (Wildman–Crippen LogP) is 2.72. The number of carbonyl (C=O) groups is 1. The minimum atomic E-state index is -3.71. The first-order valence-electron chi connectivity index (χ1n) is 10.8. The van der Waals surface area contributed by atoms with E-state index in [2.05, 4.69) is 16.7 Å². The summed E-state index contributed by atoms with van der Waals surface area (Å²) in [7, 11) is -2.12. The largest absolute Gasteiger partial charge is 0.497 e. The standard InChI is InChI=1S/C23H29N3O6S/c1-16-15-26(17-5-7-18(30-3)8-6-17)20(27)22(19(16)25-21(24-2)33(4,28)29)9-11-23(12-10-22)31-13-14-32-23/h5-8H,2,9-15H2,1,3-4H3. The van der Waals surface area contributed by atoms with Crippen LogP contribution in [0.25, 0.3) is 0 Å². The lowest BCUT2D eigenvalue weighted by atomic mass is 9.66. The highest BCUT2D eigenvalue weighted by molar-refractivity contribution is 8.05. The van der Waals surface area contributed by atoms with Crippen LogP contribution in [0.15, 0.2) is 45.5 Å². The average molecular weight is 476 g/mol. The van der Waals surface area contributed by atoms with Gasteiger partial charge in [0.1, 0.15) is 5.75 Å². The number of benzene rings is 1. The molecular weight excluding hydrogens is 446 g/mol. The van der Waals surface area contributed by atoms with Crippen LogP contribution in [0.3, 0.4) is 0 Å². The summed E-state index contributed by atoms with van der Waals surface area (Å²) in [6, 6.07) is 7.29. The quantitative estimate of drug-likeness (QED) is 0.492. The van der Waals surface area contributed by atoms with E-state index in [4.69, 9.17) is 14.2 Å². The van der Waals surface area contributed by atoms with Crippen molar-refractivity contribution < 1.29 is 27.4 Å². The van der Waals surface area contributed by atoms with Crippen LogP contribution in [0.5, 0.6) is 5.75 Å². The molecule has 10 heteroatoms. The van der Waals surface area contributed by atoms with E-state index in [-0.39, 0.29) is 17.6 Å². The number of carbonyl (C=O) groups excluding carboxylic acids is 1. The molecule has 0 atom stereocenters. The molecule has 1 saturated carbocycles.